The zero-order chi connectivity index (χ0) is 13.4. The molecule has 1 aliphatic rings. The lowest BCUT2D eigenvalue weighted by atomic mass is 10.1. The lowest BCUT2D eigenvalue weighted by molar-refractivity contribution is -0.136. The second-order valence-electron chi connectivity index (χ2n) is 4.21. The van der Waals surface area contributed by atoms with Gasteiger partial charge < -0.3 is 14.9 Å². The number of carboxylic acids is 1. The van der Waals surface area contributed by atoms with Gasteiger partial charge in [-0.2, -0.15) is 0 Å². The van der Waals surface area contributed by atoms with E-state index in [2.05, 4.69) is 0 Å². The predicted molar refractivity (Wildman–Crippen MR) is 78.5 cm³/mol. The second kappa shape index (κ2) is 4.62. The van der Waals surface area contributed by atoms with Crippen LogP contribution in [0.1, 0.15) is 11.1 Å². The molecular formula is C12H12N2O2S2. The molecule has 0 spiro atoms. The monoisotopic (exact) mass is 280 g/mol. The van der Waals surface area contributed by atoms with Crippen molar-refractivity contribution in [2.24, 2.45) is 0 Å². The van der Waals surface area contributed by atoms with E-state index in [4.69, 9.17) is 29.5 Å². The minimum Gasteiger partial charge on any atom is -0.480 e. The highest BCUT2D eigenvalue weighted by molar-refractivity contribution is 7.82. The summed E-state index contributed by atoms with van der Waals surface area (Å²) < 4.78 is 0. The third kappa shape index (κ3) is 2.09. The molecule has 0 aliphatic carbocycles. The van der Waals surface area contributed by atoms with Crippen LogP contribution in [-0.4, -0.2) is 46.6 Å². The lowest BCUT2D eigenvalue weighted by Crippen LogP contribution is -2.33. The Bertz CT molecular complexity index is 555. The molecule has 94 valence electrons. The fraction of sp³-hybridized carbons (Fsp3) is 0.250. The minimum atomic E-state index is -0.944. The number of thiocarbonyl (C=S) groups is 2. The number of rotatable bonds is 3. The summed E-state index contributed by atoms with van der Waals surface area (Å²) in [5.74, 6) is -0.944. The maximum absolute atomic E-state index is 10.8. The Balaban J connectivity index is 2.42. The Morgan fingerprint density at radius 2 is 1.89 bits per heavy atom. The van der Waals surface area contributed by atoms with Crippen LogP contribution in [0.5, 0.6) is 0 Å². The third-order valence-corrected chi connectivity index (χ3v) is 3.64. The van der Waals surface area contributed by atoms with E-state index in [0.29, 0.717) is 9.98 Å². The van der Waals surface area contributed by atoms with Gasteiger partial charge in [-0.15, -0.1) is 0 Å². The quantitative estimate of drug-likeness (QED) is 0.847. The molecule has 0 aromatic heterocycles. The molecule has 0 amide bonds. The van der Waals surface area contributed by atoms with Crippen molar-refractivity contribution in [1.29, 1.82) is 0 Å². The largest absolute Gasteiger partial charge is 0.480 e. The first-order valence-corrected chi connectivity index (χ1v) is 6.13. The molecule has 0 fully saturated rings. The third-order valence-electron chi connectivity index (χ3n) is 2.76. The second-order valence-corrected chi connectivity index (χ2v) is 4.99. The van der Waals surface area contributed by atoms with Crippen molar-refractivity contribution in [3.63, 3.8) is 0 Å². The molecule has 2 rings (SSSR count). The van der Waals surface area contributed by atoms with Gasteiger partial charge in [0.15, 0.2) is 0 Å². The van der Waals surface area contributed by atoms with E-state index in [1.807, 2.05) is 37.2 Å². The van der Waals surface area contributed by atoms with Crippen LogP contribution in [0.2, 0.25) is 0 Å². The Kier molecular flexibility index (Phi) is 3.32. The predicted octanol–water partition coefficient (Wildman–Crippen LogP) is 1.50. The molecule has 6 heteroatoms. The zero-order valence-corrected chi connectivity index (χ0v) is 11.6. The molecular weight excluding hydrogens is 268 g/mol. The van der Waals surface area contributed by atoms with Crippen LogP contribution >= 0.6 is 24.4 Å². The van der Waals surface area contributed by atoms with Crippen molar-refractivity contribution in [2.45, 2.75) is 0 Å². The molecule has 18 heavy (non-hydrogen) atoms. The van der Waals surface area contributed by atoms with Crippen molar-refractivity contribution in [3.8, 4) is 0 Å². The van der Waals surface area contributed by atoms with E-state index in [1.165, 1.54) is 4.90 Å². The average Bonchev–Trinajstić information content (AvgIpc) is 2.53. The summed E-state index contributed by atoms with van der Waals surface area (Å²) in [6, 6.07) is 5.77. The first-order valence-electron chi connectivity index (χ1n) is 5.31. The number of nitrogens with zero attached hydrogens (tertiary/aromatic N) is 2. The Morgan fingerprint density at radius 1 is 1.28 bits per heavy atom. The highest BCUT2D eigenvalue weighted by Crippen LogP contribution is 2.28. The summed E-state index contributed by atoms with van der Waals surface area (Å²) in [5, 5.41) is 8.86. The summed E-state index contributed by atoms with van der Waals surface area (Å²) >= 11 is 10.6. The van der Waals surface area contributed by atoms with Crippen molar-refractivity contribution < 1.29 is 9.90 Å². The van der Waals surface area contributed by atoms with Crippen LogP contribution in [0.25, 0.3) is 0 Å². The van der Waals surface area contributed by atoms with Gasteiger partial charge in [0.2, 0.25) is 0 Å². The van der Waals surface area contributed by atoms with Gasteiger partial charge in [-0.05, 0) is 18.2 Å². The smallest absolute Gasteiger partial charge is 0.323 e. The van der Waals surface area contributed by atoms with Gasteiger partial charge in [0.1, 0.15) is 16.5 Å². The zero-order valence-electron chi connectivity index (χ0n) is 10.0. The number of benzene rings is 1. The van der Waals surface area contributed by atoms with Gasteiger partial charge >= 0.3 is 5.97 Å². The lowest BCUT2D eigenvalue weighted by Gasteiger charge is -2.15. The molecule has 1 aliphatic heterocycles. The van der Waals surface area contributed by atoms with Crippen LogP contribution in [0.3, 0.4) is 0 Å². The SMILES string of the molecule is CN(C)c1ccc2c(c1)C(=S)N(CC(=O)O)C2=S. The number of anilines is 1. The van der Waals surface area contributed by atoms with E-state index < -0.39 is 5.97 Å². The van der Waals surface area contributed by atoms with Gasteiger partial charge in [-0.3, -0.25) is 4.79 Å². The summed E-state index contributed by atoms with van der Waals surface area (Å²) in [6.45, 7) is -0.191. The van der Waals surface area contributed by atoms with Gasteiger partial charge in [-0.1, -0.05) is 24.4 Å². The fourth-order valence-electron chi connectivity index (χ4n) is 1.84. The van der Waals surface area contributed by atoms with E-state index in [1.54, 1.807) is 0 Å². The molecule has 0 radical (unpaired) electrons. The van der Waals surface area contributed by atoms with Gasteiger partial charge in [0.05, 0.1) is 0 Å². The number of carbonyl (C=O) groups is 1. The summed E-state index contributed by atoms with van der Waals surface area (Å²) in [4.78, 5) is 15.2. The van der Waals surface area contributed by atoms with E-state index in [-0.39, 0.29) is 6.54 Å². The van der Waals surface area contributed by atoms with E-state index in [0.717, 1.165) is 16.8 Å². The molecule has 0 bridgehead atoms. The highest BCUT2D eigenvalue weighted by atomic mass is 32.1. The average molecular weight is 280 g/mol. The molecule has 1 N–H and O–H groups in total. The highest BCUT2D eigenvalue weighted by Gasteiger charge is 2.30. The Morgan fingerprint density at radius 3 is 2.44 bits per heavy atom. The van der Waals surface area contributed by atoms with Crippen molar-refractivity contribution in [2.75, 3.05) is 25.5 Å². The Hall–Kier alpha value is -1.53. The van der Waals surface area contributed by atoms with Crippen LogP contribution < -0.4 is 4.90 Å². The van der Waals surface area contributed by atoms with Gasteiger partial charge in [0, 0.05) is 30.9 Å². The topological polar surface area (TPSA) is 43.8 Å². The molecule has 0 saturated carbocycles. The normalized spacial score (nSPS) is 13.8. The molecule has 0 unspecified atom stereocenters. The molecule has 4 nitrogen and oxygen atoms in total. The maximum atomic E-state index is 10.8. The van der Waals surface area contributed by atoms with E-state index in [9.17, 15) is 4.79 Å². The van der Waals surface area contributed by atoms with Crippen LogP contribution in [0.15, 0.2) is 18.2 Å². The summed E-state index contributed by atoms with van der Waals surface area (Å²) in [5.41, 5.74) is 2.68. The van der Waals surface area contributed by atoms with Crippen LogP contribution in [0, 0.1) is 0 Å². The fourth-order valence-corrected chi connectivity index (χ4v) is 2.55. The van der Waals surface area contributed by atoms with Crippen molar-refractivity contribution in [1.82, 2.24) is 4.90 Å². The molecule has 0 saturated heterocycles. The van der Waals surface area contributed by atoms with E-state index >= 15 is 0 Å². The molecule has 0 atom stereocenters. The number of fused-ring (bicyclic) bond motifs is 1. The Labute approximate surface area is 116 Å². The number of carboxylic acid groups (broad SMARTS) is 1. The molecule has 1 aromatic rings. The molecule has 1 aromatic carbocycles. The van der Waals surface area contributed by atoms with Gasteiger partial charge in [-0.25, -0.2) is 0 Å². The minimum absolute atomic E-state index is 0.191. The van der Waals surface area contributed by atoms with Crippen LogP contribution in [0.4, 0.5) is 5.69 Å². The first-order chi connectivity index (χ1) is 8.41. The first kappa shape index (κ1) is 12.9. The molecule has 1 heterocycles. The number of hydrogen-bond acceptors (Lipinski definition) is 4. The standard InChI is InChI=1S/C12H12N2O2S2/c1-13(2)7-3-4-8-9(5-7)12(18)14(11(8)17)6-10(15)16/h3-5H,6H2,1-2H3,(H,15,16). The number of hydrogen-bond donors (Lipinski definition) is 1. The van der Waals surface area contributed by atoms with Gasteiger partial charge in [0.25, 0.3) is 0 Å². The summed E-state index contributed by atoms with van der Waals surface area (Å²) in [6.07, 6.45) is 0. The van der Waals surface area contributed by atoms with Crippen LogP contribution in [-0.2, 0) is 4.79 Å². The van der Waals surface area contributed by atoms with Crippen molar-refractivity contribution >= 4 is 46.1 Å². The summed E-state index contributed by atoms with van der Waals surface area (Å²) in [7, 11) is 3.88. The van der Waals surface area contributed by atoms with Crippen molar-refractivity contribution in [3.05, 3.63) is 29.3 Å². The number of aliphatic carboxylic acids is 1. The maximum Gasteiger partial charge on any atom is 0.323 e.